The topological polar surface area (TPSA) is 82.9 Å². The Kier molecular flexibility index (Phi) is 6.86. The lowest BCUT2D eigenvalue weighted by atomic mass is 9.97. The van der Waals surface area contributed by atoms with E-state index in [0.717, 1.165) is 54.6 Å². The normalized spacial score (nSPS) is 15.8. The summed E-state index contributed by atoms with van der Waals surface area (Å²) in [5.74, 6) is 0.715. The lowest BCUT2D eigenvalue weighted by Crippen LogP contribution is -2.49. The first-order valence-electron chi connectivity index (χ1n) is 13.6. The van der Waals surface area contributed by atoms with Crippen LogP contribution in [0.15, 0.2) is 41.2 Å². The van der Waals surface area contributed by atoms with Gasteiger partial charge in [-0.3, -0.25) is 9.69 Å². The highest BCUT2D eigenvalue weighted by atomic mass is 16.1. The molecule has 0 unspecified atom stereocenters. The number of aromatic amines is 1. The molecule has 0 radical (unpaired) electrons. The molecule has 5 rings (SSSR count). The third-order valence-corrected chi connectivity index (χ3v) is 8.54. The van der Waals surface area contributed by atoms with Crippen LogP contribution in [0.4, 0.5) is 5.69 Å². The Balaban J connectivity index is 1.60. The number of pyridine rings is 1. The van der Waals surface area contributed by atoms with Crippen molar-refractivity contribution in [2.45, 2.75) is 66.5 Å². The van der Waals surface area contributed by atoms with Gasteiger partial charge in [-0.25, -0.2) is 4.68 Å². The Bertz CT molecular complexity index is 1530. The van der Waals surface area contributed by atoms with Gasteiger partial charge in [0.2, 0.25) is 0 Å². The highest BCUT2D eigenvalue weighted by Gasteiger charge is 2.36. The van der Waals surface area contributed by atoms with Crippen molar-refractivity contribution in [2.75, 3.05) is 31.1 Å². The lowest BCUT2D eigenvalue weighted by Gasteiger charge is -2.41. The maximum absolute atomic E-state index is 13.7. The van der Waals surface area contributed by atoms with Gasteiger partial charge in [0.25, 0.3) is 5.56 Å². The maximum Gasteiger partial charge on any atom is 0.253 e. The lowest BCUT2D eigenvalue weighted by molar-refractivity contribution is 0.186. The Labute approximate surface area is 224 Å². The van der Waals surface area contributed by atoms with Crippen LogP contribution in [0.3, 0.4) is 0 Å². The van der Waals surface area contributed by atoms with Crippen molar-refractivity contribution in [3.63, 3.8) is 0 Å². The molecule has 1 atom stereocenters. The van der Waals surface area contributed by atoms with Crippen molar-refractivity contribution in [3.05, 3.63) is 80.4 Å². The van der Waals surface area contributed by atoms with Gasteiger partial charge in [-0.2, -0.15) is 0 Å². The Hall–Kier alpha value is -3.52. The van der Waals surface area contributed by atoms with Gasteiger partial charge in [0.15, 0.2) is 5.82 Å². The summed E-state index contributed by atoms with van der Waals surface area (Å²) >= 11 is 0. The number of hydrogen-bond acceptors (Lipinski definition) is 6. The summed E-state index contributed by atoms with van der Waals surface area (Å²) in [5.41, 5.74) is 7.32. The second-order valence-corrected chi connectivity index (χ2v) is 11.3. The van der Waals surface area contributed by atoms with Gasteiger partial charge < -0.3 is 9.88 Å². The van der Waals surface area contributed by atoms with E-state index in [0.29, 0.717) is 11.4 Å². The second-order valence-electron chi connectivity index (χ2n) is 11.3. The van der Waals surface area contributed by atoms with Gasteiger partial charge in [-0.15, -0.1) is 5.10 Å². The molecule has 8 nitrogen and oxygen atoms in total. The average Bonchev–Trinajstić information content (AvgIpc) is 3.40. The van der Waals surface area contributed by atoms with E-state index in [2.05, 4.69) is 108 Å². The van der Waals surface area contributed by atoms with E-state index >= 15 is 0 Å². The van der Waals surface area contributed by atoms with Crippen LogP contribution in [0.2, 0.25) is 0 Å². The van der Waals surface area contributed by atoms with Crippen LogP contribution in [-0.2, 0) is 5.54 Å². The summed E-state index contributed by atoms with van der Waals surface area (Å²) in [7, 11) is 0. The SMILES string of the molecule is CCC(C)(C)n1nnnc1[C@H](c1cc2c(C)ccc(C)c2[nH]c1=O)N1CCN(c2cccc(C)c2C)CC1. The number of aromatic nitrogens is 5. The van der Waals surface area contributed by atoms with Gasteiger partial charge in [0, 0.05) is 42.8 Å². The van der Waals surface area contributed by atoms with E-state index in [4.69, 9.17) is 0 Å². The number of tetrazole rings is 1. The van der Waals surface area contributed by atoms with Gasteiger partial charge in [-0.05, 0) is 92.8 Å². The zero-order valence-electron chi connectivity index (χ0n) is 23.7. The molecule has 0 aliphatic carbocycles. The van der Waals surface area contributed by atoms with Crippen LogP contribution in [0.5, 0.6) is 0 Å². The molecule has 2 aromatic heterocycles. The summed E-state index contributed by atoms with van der Waals surface area (Å²) in [6.45, 7) is 18.2. The zero-order valence-corrected chi connectivity index (χ0v) is 23.7. The monoisotopic (exact) mass is 513 g/mol. The number of aryl methyl sites for hydroxylation is 3. The molecular formula is C30H39N7O. The minimum Gasteiger partial charge on any atom is -0.369 e. The van der Waals surface area contributed by atoms with Crippen molar-refractivity contribution in [3.8, 4) is 0 Å². The molecule has 3 heterocycles. The predicted octanol–water partition coefficient (Wildman–Crippen LogP) is 4.80. The third-order valence-electron chi connectivity index (χ3n) is 8.54. The molecule has 0 spiro atoms. The molecule has 1 aliphatic heterocycles. The van der Waals surface area contributed by atoms with E-state index < -0.39 is 0 Å². The summed E-state index contributed by atoms with van der Waals surface area (Å²) < 4.78 is 1.92. The highest BCUT2D eigenvalue weighted by Crippen LogP contribution is 2.33. The molecule has 200 valence electrons. The van der Waals surface area contributed by atoms with E-state index in [1.54, 1.807) is 0 Å². The van der Waals surface area contributed by atoms with Crippen molar-refractivity contribution in [1.82, 2.24) is 30.1 Å². The number of nitrogens with one attached hydrogen (secondary N) is 1. The summed E-state index contributed by atoms with van der Waals surface area (Å²) in [6.07, 6.45) is 0.866. The molecule has 2 aromatic carbocycles. The molecule has 8 heteroatoms. The molecule has 0 bridgehead atoms. The van der Waals surface area contributed by atoms with Gasteiger partial charge in [-0.1, -0.05) is 31.2 Å². The van der Waals surface area contributed by atoms with Crippen LogP contribution in [0.1, 0.15) is 66.9 Å². The number of nitrogens with zero attached hydrogens (tertiary/aromatic N) is 6. The minimum atomic E-state index is -0.357. The Morgan fingerprint density at radius 1 is 0.974 bits per heavy atom. The number of benzene rings is 2. The van der Waals surface area contributed by atoms with Crippen LogP contribution < -0.4 is 10.5 Å². The largest absolute Gasteiger partial charge is 0.369 e. The van der Waals surface area contributed by atoms with E-state index in [1.165, 1.54) is 16.8 Å². The van der Waals surface area contributed by atoms with E-state index in [1.807, 2.05) is 11.6 Å². The van der Waals surface area contributed by atoms with Gasteiger partial charge >= 0.3 is 0 Å². The quantitative estimate of drug-likeness (QED) is 0.399. The van der Waals surface area contributed by atoms with Crippen LogP contribution in [-0.4, -0.2) is 56.3 Å². The number of rotatable bonds is 6. The fourth-order valence-electron chi connectivity index (χ4n) is 5.54. The minimum absolute atomic E-state index is 0.0861. The fourth-order valence-corrected chi connectivity index (χ4v) is 5.54. The second kappa shape index (κ2) is 9.98. The highest BCUT2D eigenvalue weighted by molar-refractivity contribution is 5.85. The fraction of sp³-hybridized carbons (Fsp3) is 0.467. The van der Waals surface area contributed by atoms with Gasteiger partial charge in [0.1, 0.15) is 6.04 Å². The number of hydrogen-bond donors (Lipinski definition) is 1. The molecule has 1 fully saturated rings. The van der Waals surface area contributed by atoms with Crippen molar-refractivity contribution in [2.24, 2.45) is 0 Å². The zero-order chi connectivity index (χ0) is 27.2. The third kappa shape index (κ3) is 4.51. The van der Waals surface area contributed by atoms with Crippen molar-refractivity contribution >= 4 is 16.6 Å². The molecule has 0 amide bonds. The van der Waals surface area contributed by atoms with Gasteiger partial charge in [0.05, 0.1) is 11.1 Å². The Morgan fingerprint density at radius 2 is 1.68 bits per heavy atom. The van der Waals surface area contributed by atoms with Crippen LogP contribution in [0.25, 0.3) is 10.9 Å². The number of anilines is 1. The number of piperazine rings is 1. The summed E-state index contributed by atoms with van der Waals surface area (Å²) in [5, 5.41) is 14.1. The number of fused-ring (bicyclic) bond motifs is 1. The average molecular weight is 514 g/mol. The van der Waals surface area contributed by atoms with E-state index in [9.17, 15) is 4.79 Å². The van der Waals surface area contributed by atoms with E-state index in [-0.39, 0.29) is 17.1 Å². The standard InChI is InChI=1S/C30H39N7O/c1-8-30(6,7)37-28(32-33-34-37)27(24-18-23-20(3)12-13-21(4)26(23)31-29(24)38)36-16-14-35(15-17-36)25-11-9-10-19(2)22(25)5/h9-13,18,27H,8,14-17H2,1-7H3,(H,31,38)/t27-/m0/s1. The summed E-state index contributed by atoms with van der Waals surface area (Å²) in [6, 6.07) is 12.4. The molecule has 0 saturated carbocycles. The molecule has 1 saturated heterocycles. The first-order valence-corrected chi connectivity index (χ1v) is 13.6. The first-order chi connectivity index (χ1) is 18.1. The molecule has 4 aromatic rings. The van der Waals surface area contributed by atoms with Crippen LogP contribution in [0, 0.1) is 27.7 Å². The van der Waals surface area contributed by atoms with Crippen LogP contribution >= 0.6 is 0 Å². The maximum atomic E-state index is 13.7. The molecule has 1 aliphatic rings. The van der Waals surface area contributed by atoms with Crippen molar-refractivity contribution in [1.29, 1.82) is 0 Å². The predicted molar refractivity (Wildman–Crippen MR) is 153 cm³/mol. The number of H-pyrrole nitrogens is 1. The van der Waals surface area contributed by atoms with Crippen molar-refractivity contribution < 1.29 is 0 Å². The smallest absolute Gasteiger partial charge is 0.253 e. The molecule has 1 N–H and O–H groups in total. The summed E-state index contributed by atoms with van der Waals surface area (Å²) in [4.78, 5) is 21.7. The molecular weight excluding hydrogens is 474 g/mol. The first kappa shape index (κ1) is 26.1. The Morgan fingerprint density at radius 3 is 2.39 bits per heavy atom. The molecule has 38 heavy (non-hydrogen) atoms.